The van der Waals surface area contributed by atoms with E-state index in [1.165, 1.54) is 19.3 Å². The fourth-order valence-electron chi connectivity index (χ4n) is 2.61. The van der Waals surface area contributed by atoms with Gasteiger partial charge in [-0.15, -0.1) is 0 Å². The molecule has 20 heavy (non-hydrogen) atoms. The van der Waals surface area contributed by atoms with Crippen molar-refractivity contribution in [3.8, 4) is 0 Å². The molecule has 1 aliphatic heterocycles. The summed E-state index contributed by atoms with van der Waals surface area (Å²) in [5.74, 6) is 0.175. The van der Waals surface area contributed by atoms with E-state index in [4.69, 9.17) is 0 Å². The molecular formula is C15H29N3O2. The Morgan fingerprint density at radius 3 is 2.55 bits per heavy atom. The van der Waals surface area contributed by atoms with Gasteiger partial charge in [0.1, 0.15) is 0 Å². The van der Waals surface area contributed by atoms with Crippen LogP contribution in [0, 0.1) is 0 Å². The molecule has 1 atom stereocenters. The van der Waals surface area contributed by atoms with Crippen LogP contribution in [0.1, 0.15) is 52.4 Å². The average Bonchev–Trinajstić information content (AvgIpc) is 2.47. The molecule has 0 aliphatic carbocycles. The topological polar surface area (TPSA) is 61.4 Å². The van der Waals surface area contributed by atoms with Gasteiger partial charge in [0.2, 0.25) is 11.8 Å². The fourth-order valence-corrected chi connectivity index (χ4v) is 2.61. The molecule has 0 saturated carbocycles. The molecule has 0 aromatic rings. The Labute approximate surface area is 122 Å². The Morgan fingerprint density at radius 1 is 1.20 bits per heavy atom. The van der Waals surface area contributed by atoms with Crippen LogP contribution in [0.3, 0.4) is 0 Å². The highest BCUT2D eigenvalue weighted by molar-refractivity contribution is 5.79. The van der Waals surface area contributed by atoms with E-state index in [1.807, 2.05) is 13.8 Å². The van der Waals surface area contributed by atoms with Crippen molar-refractivity contribution in [3.63, 3.8) is 0 Å². The summed E-state index contributed by atoms with van der Waals surface area (Å²) >= 11 is 0. The lowest BCUT2D eigenvalue weighted by Crippen LogP contribution is -2.36. The van der Waals surface area contributed by atoms with Crippen molar-refractivity contribution >= 4 is 11.8 Å². The van der Waals surface area contributed by atoms with Crippen molar-refractivity contribution in [1.29, 1.82) is 0 Å². The van der Waals surface area contributed by atoms with Crippen LogP contribution in [0.15, 0.2) is 0 Å². The van der Waals surface area contributed by atoms with Crippen LogP contribution in [0.4, 0.5) is 0 Å². The first-order valence-electron chi connectivity index (χ1n) is 7.95. The van der Waals surface area contributed by atoms with Crippen molar-refractivity contribution in [2.45, 2.75) is 58.4 Å². The van der Waals surface area contributed by atoms with Gasteiger partial charge in [-0.3, -0.25) is 9.59 Å². The lowest BCUT2D eigenvalue weighted by atomic mass is 10.0. The Morgan fingerprint density at radius 2 is 1.95 bits per heavy atom. The molecule has 0 aromatic heterocycles. The molecule has 5 nitrogen and oxygen atoms in total. The highest BCUT2D eigenvalue weighted by atomic mass is 16.2. The molecule has 0 radical (unpaired) electrons. The minimum absolute atomic E-state index is 0.0599. The van der Waals surface area contributed by atoms with E-state index < -0.39 is 0 Å². The molecule has 2 amide bonds. The van der Waals surface area contributed by atoms with Gasteiger partial charge in [0, 0.05) is 38.5 Å². The molecule has 1 fully saturated rings. The molecule has 1 heterocycles. The monoisotopic (exact) mass is 283 g/mol. The van der Waals surface area contributed by atoms with Crippen molar-refractivity contribution in [1.82, 2.24) is 15.5 Å². The van der Waals surface area contributed by atoms with E-state index in [0.29, 0.717) is 25.4 Å². The third kappa shape index (κ3) is 6.37. The van der Waals surface area contributed by atoms with Gasteiger partial charge in [-0.25, -0.2) is 0 Å². The zero-order chi connectivity index (χ0) is 14.8. The number of rotatable bonds is 8. The third-order valence-electron chi connectivity index (χ3n) is 3.91. The lowest BCUT2D eigenvalue weighted by molar-refractivity contribution is -0.130. The number of amides is 2. The molecule has 116 valence electrons. The largest absolute Gasteiger partial charge is 0.356 e. The van der Waals surface area contributed by atoms with Gasteiger partial charge >= 0.3 is 0 Å². The van der Waals surface area contributed by atoms with E-state index >= 15 is 0 Å². The first-order valence-corrected chi connectivity index (χ1v) is 7.95. The van der Waals surface area contributed by atoms with Gasteiger partial charge in [-0.1, -0.05) is 6.42 Å². The second-order valence-corrected chi connectivity index (χ2v) is 5.35. The van der Waals surface area contributed by atoms with Crippen molar-refractivity contribution in [2.75, 3.05) is 26.2 Å². The molecule has 1 unspecified atom stereocenters. The zero-order valence-corrected chi connectivity index (χ0v) is 12.9. The van der Waals surface area contributed by atoms with E-state index in [0.717, 1.165) is 26.1 Å². The summed E-state index contributed by atoms with van der Waals surface area (Å²) in [6, 6.07) is 0.492. The van der Waals surface area contributed by atoms with E-state index in [1.54, 1.807) is 4.90 Å². The molecule has 0 aromatic carbocycles. The van der Waals surface area contributed by atoms with Crippen LogP contribution in [-0.2, 0) is 9.59 Å². The quantitative estimate of drug-likeness (QED) is 0.705. The standard InChI is InChI=1S/C15H29N3O2/c1-3-18(4-2)15(20)10-12-17-14(19)9-8-13-7-5-6-11-16-13/h13,16H,3-12H2,1-2H3,(H,17,19). The number of carbonyl (C=O) groups excluding carboxylic acids is 2. The highest BCUT2D eigenvalue weighted by Crippen LogP contribution is 2.11. The summed E-state index contributed by atoms with van der Waals surface area (Å²) in [5, 5.41) is 6.28. The fraction of sp³-hybridized carbons (Fsp3) is 0.867. The normalized spacial score (nSPS) is 18.6. The zero-order valence-electron chi connectivity index (χ0n) is 12.9. The third-order valence-corrected chi connectivity index (χ3v) is 3.91. The molecule has 0 spiro atoms. The van der Waals surface area contributed by atoms with Crippen LogP contribution in [0.5, 0.6) is 0 Å². The first kappa shape index (κ1) is 17.0. The molecule has 1 aliphatic rings. The maximum Gasteiger partial charge on any atom is 0.224 e. The van der Waals surface area contributed by atoms with Gasteiger partial charge in [0.05, 0.1) is 0 Å². The minimum atomic E-state index is 0.0599. The van der Waals surface area contributed by atoms with Crippen LogP contribution < -0.4 is 10.6 Å². The maximum atomic E-state index is 11.8. The molecule has 1 saturated heterocycles. The van der Waals surface area contributed by atoms with Crippen molar-refractivity contribution < 1.29 is 9.59 Å². The molecule has 2 N–H and O–H groups in total. The predicted molar refractivity (Wildman–Crippen MR) is 80.4 cm³/mol. The number of hydrogen-bond acceptors (Lipinski definition) is 3. The lowest BCUT2D eigenvalue weighted by Gasteiger charge is -2.23. The average molecular weight is 283 g/mol. The smallest absolute Gasteiger partial charge is 0.224 e. The summed E-state index contributed by atoms with van der Waals surface area (Å²) in [4.78, 5) is 25.3. The van der Waals surface area contributed by atoms with E-state index in [-0.39, 0.29) is 11.8 Å². The number of hydrogen-bond donors (Lipinski definition) is 2. The SMILES string of the molecule is CCN(CC)C(=O)CCNC(=O)CCC1CCCCN1. The molecule has 5 heteroatoms. The predicted octanol–water partition coefficient (Wildman–Crippen LogP) is 1.28. The molecule has 0 bridgehead atoms. The maximum absolute atomic E-state index is 11.8. The van der Waals surface area contributed by atoms with Gasteiger partial charge in [-0.2, -0.15) is 0 Å². The Hall–Kier alpha value is -1.10. The van der Waals surface area contributed by atoms with Gasteiger partial charge in [-0.05, 0) is 39.7 Å². The summed E-state index contributed by atoms with van der Waals surface area (Å²) in [6.45, 7) is 6.93. The van der Waals surface area contributed by atoms with Crippen LogP contribution in [0.2, 0.25) is 0 Å². The van der Waals surface area contributed by atoms with Gasteiger partial charge in [0.15, 0.2) is 0 Å². The number of piperidine rings is 1. The highest BCUT2D eigenvalue weighted by Gasteiger charge is 2.14. The summed E-state index contributed by atoms with van der Waals surface area (Å²) in [5.41, 5.74) is 0. The Balaban J connectivity index is 2.08. The summed E-state index contributed by atoms with van der Waals surface area (Å²) in [6.07, 6.45) is 5.53. The minimum Gasteiger partial charge on any atom is -0.356 e. The second-order valence-electron chi connectivity index (χ2n) is 5.35. The second kappa shape index (κ2) is 9.75. The number of nitrogens with one attached hydrogen (secondary N) is 2. The van der Waals surface area contributed by atoms with Crippen LogP contribution >= 0.6 is 0 Å². The van der Waals surface area contributed by atoms with Crippen LogP contribution in [0.25, 0.3) is 0 Å². The van der Waals surface area contributed by atoms with E-state index in [2.05, 4.69) is 10.6 Å². The van der Waals surface area contributed by atoms with Gasteiger partial charge in [0.25, 0.3) is 0 Å². The number of nitrogens with zero attached hydrogens (tertiary/aromatic N) is 1. The Bertz CT molecular complexity index is 297. The van der Waals surface area contributed by atoms with Crippen LogP contribution in [-0.4, -0.2) is 48.9 Å². The van der Waals surface area contributed by atoms with E-state index in [9.17, 15) is 9.59 Å². The Kier molecular flexibility index (Phi) is 8.26. The van der Waals surface area contributed by atoms with Crippen molar-refractivity contribution in [2.24, 2.45) is 0 Å². The van der Waals surface area contributed by atoms with Gasteiger partial charge < -0.3 is 15.5 Å². The van der Waals surface area contributed by atoms with Crippen molar-refractivity contribution in [3.05, 3.63) is 0 Å². The number of carbonyl (C=O) groups is 2. The summed E-state index contributed by atoms with van der Waals surface area (Å²) in [7, 11) is 0. The molecular weight excluding hydrogens is 254 g/mol. The first-order chi connectivity index (χ1) is 9.67. The summed E-state index contributed by atoms with van der Waals surface area (Å²) < 4.78 is 0. The molecule has 1 rings (SSSR count).